The van der Waals surface area contributed by atoms with Crippen LogP contribution >= 0.6 is 86.4 Å². The number of hydrogen-bond acceptors (Lipinski definition) is 8. The van der Waals surface area contributed by atoms with Crippen molar-refractivity contribution in [2.24, 2.45) is 0 Å². The van der Waals surface area contributed by atoms with Crippen LogP contribution in [-0.2, 0) is 4.08 Å². The maximum absolute atomic E-state index is 2.38. The van der Waals surface area contributed by atoms with Crippen molar-refractivity contribution in [1.29, 1.82) is 0 Å². The first kappa shape index (κ1) is 21.1. The lowest BCUT2D eigenvalue weighted by atomic mass is 10.1. The van der Waals surface area contributed by atoms with E-state index < -0.39 is 0 Å². The standard InChI is InChI=1S/C13H20S8/c1-12(18-14-2,19-15-3)13(20-16-4,21-17-5)11-9-7-6-8-10-11/h6-10H,1-5H3. The lowest BCUT2D eigenvalue weighted by Gasteiger charge is -2.45. The third-order valence-electron chi connectivity index (χ3n) is 2.64. The summed E-state index contributed by atoms with van der Waals surface area (Å²) in [6, 6.07) is 10.9. The fraction of sp³-hybridized carbons (Fsp3) is 0.538. The molecule has 0 saturated carbocycles. The topological polar surface area (TPSA) is 0 Å². The summed E-state index contributed by atoms with van der Waals surface area (Å²) in [5.74, 6) is 0. The van der Waals surface area contributed by atoms with Gasteiger partial charge in [0.05, 0.1) is 0 Å². The predicted octanol–water partition coefficient (Wildman–Crippen LogP) is 7.60. The molecule has 0 N–H and O–H groups in total. The van der Waals surface area contributed by atoms with Gasteiger partial charge in [0.1, 0.15) is 8.16 Å². The Balaban J connectivity index is 3.39. The molecule has 0 spiro atoms. The van der Waals surface area contributed by atoms with Crippen LogP contribution in [0.15, 0.2) is 30.3 Å². The van der Waals surface area contributed by atoms with Crippen LogP contribution in [0.3, 0.4) is 0 Å². The second-order valence-electron chi connectivity index (χ2n) is 3.93. The van der Waals surface area contributed by atoms with Gasteiger partial charge in [-0.05, 0) is 37.5 Å². The maximum atomic E-state index is 2.38. The molecule has 0 unspecified atom stereocenters. The molecule has 21 heavy (non-hydrogen) atoms. The Kier molecular flexibility index (Phi) is 10.8. The largest absolute Gasteiger partial charge is 0.132 e. The van der Waals surface area contributed by atoms with Crippen LogP contribution in [0.2, 0.25) is 0 Å². The van der Waals surface area contributed by atoms with Crippen molar-refractivity contribution in [2.75, 3.05) is 25.0 Å². The van der Waals surface area contributed by atoms with E-state index in [0.29, 0.717) is 0 Å². The van der Waals surface area contributed by atoms with Gasteiger partial charge < -0.3 is 0 Å². The number of rotatable bonds is 10. The van der Waals surface area contributed by atoms with E-state index in [1.54, 1.807) is 0 Å². The molecular formula is C13H20S8. The van der Waals surface area contributed by atoms with Gasteiger partial charge in [-0.1, -0.05) is 117 Å². The van der Waals surface area contributed by atoms with Crippen molar-refractivity contribution >= 4 is 86.4 Å². The Morgan fingerprint density at radius 3 is 1.48 bits per heavy atom. The SMILES string of the molecule is CSSC(C)(SSC)C(SSC)(SSC)c1ccccc1. The maximum Gasteiger partial charge on any atom is 0.132 e. The summed E-state index contributed by atoms with van der Waals surface area (Å²) >= 11 is 0. The van der Waals surface area contributed by atoms with Crippen molar-refractivity contribution in [1.82, 2.24) is 0 Å². The molecule has 0 fully saturated rings. The quantitative estimate of drug-likeness (QED) is 0.270. The normalized spacial score (nSPS) is 12.6. The fourth-order valence-electron chi connectivity index (χ4n) is 1.86. The van der Waals surface area contributed by atoms with E-state index in [2.05, 4.69) is 62.3 Å². The molecule has 120 valence electrons. The summed E-state index contributed by atoms with van der Waals surface area (Å²) in [6.45, 7) is 2.38. The van der Waals surface area contributed by atoms with E-state index in [9.17, 15) is 0 Å². The van der Waals surface area contributed by atoms with Crippen LogP contribution in [0.5, 0.6) is 0 Å². The highest BCUT2D eigenvalue weighted by Gasteiger charge is 2.52. The lowest BCUT2D eigenvalue weighted by Crippen LogP contribution is -2.37. The smallest absolute Gasteiger partial charge is 0.0961 e. The average molecular weight is 433 g/mol. The molecule has 0 nitrogen and oxygen atoms in total. The van der Waals surface area contributed by atoms with Crippen molar-refractivity contribution in [3.05, 3.63) is 35.9 Å². The van der Waals surface area contributed by atoms with E-state index >= 15 is 0 Å². The Bertz CT molecular complexity index is 384. The Morgan fingerprint density at radius 2 is 1.10 bits per heavy atom. The third kappa shape index (κ3) is 5.25. The van der Waals surface area contributed by atoms with E-state index in [1.165, 1.54) is 5.56 Å². The molecule has 0 aliphatic rings. The van der Waals surface area contributed by atoms with E-state index in [-0.39, 0.29) is 8.16 Å². The molecule has 0 saturated heterocycles. The van der Waals surface area contributed by atoms with Crippen LogP contribution < -0.4 is 0 Å². The van der Waals surface area contributed by atoms with E-state index in [4.69, 9.17) is 0 Å². The highest BCUT2D eigenvalue weighted by Crippen LogP contribution is 2.70. The molecule has 1 rings (SSSR count). The molecule has 1 aromatic rings. The molecule has 0 aromatic heterocycles. The van der Waals surface area contributed by atoms with Gasteiger partial charge in [-0.3, -0.25) is 0 Å². The molecule has 0 aliphatic carbocycles. The molecule has 1 aromatic carbocycles. The highest BCUT2D eigenvalue weighted by atomic mass is 33.1. The van der Waals surface area contributed by atoms with Gasteiger partial charge in [0.2, 0.25) is 0 Å². The van der Waals surface area contributed by atoms with Gasteiger partial charge in [-0.25, -0.2) is 0 Å². The monoisotopic (exact) mass is 432 g/mol. The number of benzene rings is 1. The van der Waals surface area contributed by atoms with Crippen molar-refractivity contribution in [3.8, 4) is 0 Å². The molecule has 0 atom stereocenters. The molecule has 0 heterocycles. The molecular weight excluding hydrogens is 413 g/mol. The van der Waals surface area contributed by atoms with Crippen LogP contribution in [0.1, 0.15) is 12.5 Å². The summed E-state index contributed by atoms with van der Waals surface area (Å²) in [6.07, 6.45) is 8.70. The predicted molar refractivity (Wildman–Crippen MR) is 121 cm³/mol. The van der Waals surface area contributed by atoms with Gasteiger partial charge in [0, 0.05) is 0 Å². The molecule has 0 aliphatic heterocycles. The fourth-order valence-corrected chi connectivity index (χ4v) is 16.8. The van der Waals surface area contributed by atoms with Crippen LogP contribution in [0.4, 0.5) is 0 Å². The molecule has 0 amide bonds. The first-order valence-electron chi connectivity index (χ1n) is 6.03. The molecule has 8 heteroatoms. The van der Waals surface area contributed by atoms with Crippen LogP contribution in [0.25, 0.3) is 0 Å². The van der Waals surface area contributed by atoms with Crippen molar-refractivity contribution in [2.45, 2.75) is 15.1 Å². The minimum atomic E-state index is -0.00551. The summed E-state index contributed by atoms with van der Waals surface area (Å²) in [5, 5.41) is 0. The summed E-state index contributed by atoms with van der Waals surface area (Å²) in [4.78, 5) is 0. The zero-order valence-corrected chi connectivity index (χ0v) is 19.2. The van der Waals surface area contributed by atoms with Crippen LogP contribution in [0, 0.1) is 0 Å². The number of hydrogen-bond donors (Lipinski definition) is 0. The average Bonchev–Trinajstić information content (AvgIpc) is 2.48. The van der Waals surface area contributed by atoms with Crippen molar-refractivity contribution in [3.63, 3.8) is 0 Å². The zero-order valence-electron chi connectivity index (χ0n) is 12.7. The summed E-state index contributed by atoms with van der Waals surface area (Å²) in [7, 11) is 15.3. The third-order valence-corrected chi connectivity index (χ3v) is 14.6. The van der Waals surface area contributed by atoms with Crippen LogP contribution in [-0.4, -0.2) is 29.1 Å². The second-order valence-corrected chi connectivity index (χ2v) is 15.3. The van der Waals surface area contributed by atoms with Gasteiger partial charge >= 0.3 is 0 Å². The summed E-state index contributed by atoms with van der Waals surface area (Å²) in [5.41, 5.74) is 1.40. The first-order chi connectivity index (χ1) is 10.1. The highest BCUT2D eigenvalue weighted by molar-refractivity contribution is 8.89. The van der Waals surface area contributed by atoms with E-state index in [1.807, 2.05) is 86.4 Å². The first-order valence-corrected chi connectivity index (χ1v) is 16.3. The lowest BCUT2D eigenvalue weighted by molar-refractivity contribution is 0.816. The van der Waals surface area contributed by atoms with E-state index in [0.717, 1.165) is 0 Å². The Morgan fingerprint density at radius 1 is 0.667 bits per heavy atom. The van der Waals surface area contributed by atoms with Gasteiger partial charge in [-0.15, -0.1) is 0 Å². The van der Waals surface area contributed by atoms with Gasteiger partial charge in [0.15, 0.2) is 0 Å². The molecule has 0 bridgehead atoms. The Labute approximate surface area is 161 Å². The van der Waals surface area contributed by atoms with Gasteiger partial charge in [0.25, 0.3) is 0 Å². The molecule has 0 radical (unpaired) electrons. The van der Waals surface area contributed by atoms with Crippen molar-refractivity contribution < 1.29 is 0 Å². The summed E-state index contributed by atoms with van der Waals surface area (Å²) < 4.78 is 0.0585. The minimum Gasteiger partial charge on any atom is -0.0961 e. The van der Waals surface area contributed by atoms with Gasteiger partial charge in [-0.2, -0.15) is 0 Å². The zero-order chi connectivity index (χ0) is 15.8. The second kappa shape index (κ2) is 10.8. The minimum absolute atomic E-state index is 0.00551. The Hall–Kier alpha value is 2.02.